The molecule has 0 atom stereocenters. The second kappa shape index (κ2) is 7.01. The Hall–Kier alpha value is -2.75. The van der Waals surface area contributed by atoms with Crippen LogP contribution in [0.15, 0.2) is 35.4 Å². The highest BCUT2D eigenvalue weighted by atomic mass is 35.5. The Balaban J connectivity index is 0.00000225. The van der Waals surface area contributed by atoms with Crippen molar-refractivity contribution in [1.29, 1.82) is 0 Å². The minimum atomic E-state index is -4.73. The molecule has 0 aliphatic carbocycles. The summed E-state index contributed by atoms with van der Waals surface area (Å²) in [5, 5.41) is 0. The summed E-state index contributed by atoms with van der Waals surface area (Å²) in [5.74, 6) is -0.278. The van der Waals surface area contributed by atoms with Gasteiger partial charge < -0.3 is 15.5 Å². The third-order valence-corrected chi connectivity index (χ3v) is 3.36. The lowest BCUT2D eigenvalue weighted by atomic mass is 10.1. The fraction of sp³-hybridized carbons (Fsp3) is 0.214. The SMILES string of the molecule is Cl.Nc1nc2nc[nH]c2c(=O)n1CCc1ccc(OC(F)(F)F)cc1. The summed E-state index contributed by atoms with van der Waals surface area (Å²) >= 11 is 0. The highest BCUT2D eigenvalue weighted by Gasteiger charge is 2.30. The quantitative estimate of drug-likeness (QED) is 0.728. The molecule has 0 saturated carbocycles. The second-order valence-corrected chi connectivity index (χ2v) is 4.97. The zero-order valence-corrected chi connectivity index (χ0v) is 13.4. The number of hydrogen-bond donors (Lipinski definition) is 2. The molecule has 7 nitrogen and oxygen atoms in total. The number of imidazole rings is 1. The van der Waals surface area contributed by atoms with Crippen LogP contribution in [0.3, 0.4) is 0 Å². The molecule has 0 radical (unpaired) electrons. The molecular weight excluding hydrogens is 363 g/mol. The Labute approximate surface area is 145 Å². The lowest BCUT2D eigenvalue weighted by molar-refractivity contribution is -0.274. The molecule has 1 aromatic carbocycles. The van der Waals surface area contributed by atoms with Crippen molar-refractivity contribution < 1.29 is 17.9 Å². The van der Waals surface area contributed by atoms with E-state index in [2.05, 4.69) is 19.7 Å². The number of benzene rings is 1. The summed E-state index contributed by atoms with van der Waals surface area (Å²) in [6, 6.07) is 5.41. The van der Waals surface area contributed by atoms with Gasteiger partial charge in [-0.3, -0.25) is 9.36 Å². The molecule has 0 saturated heterocycles. The van der Waals surface area contributed by atoms with Gasteiger partial charge >= 0.3 is 6.36 Å². The zero-order chi connectivity index (χ0) is 17.3. The van der Waals surface area contributed by atoms with E-state index in [1.807, 2.05) is 0 Å². The molecule has 25 heavy (non-hydrogen) atoms. The number of nitrogens with two attached hydrogens (primary N) is 1. The molecule has 134 valence electrons. The predicted octanol–water partition coefficient (Wildman–Crippen LogP) is 2.26. The van der Waals surface area contributed by atoms with Crippen LogP contribution >= 0.6 is 12.4 Å². The number of halogens is 4. The van der Waals surface area contributed by atoms with E-state index in [9.17, 15) is 18.0 Å². The van der Waals surface area contributed by atoms with E-state index in [0.29, 0.717) is 6.42 Å². The second-order valence-electron chi connectivity index (χ2n) is 4.97. The van der Waals surface area contributed by atoms with Crippen molar-refractivity contribution in [3.63, 3.8) is 0 Å². The van der Waals surface area contributed by atoms with Crippen LogP contribution < -0.4 is 16.0 Å². The third-order valence-electron chi connectivity index (χ3n) is 3.36. The molecule has 0 aliphatic heterocycles. The molecule has 0 bridgehead atoms. The summed E-state index contributed by atoms with van der Waals surface area (Å²) in [6.45, 7) is 0.228. The van der Waals surface area contributed by atoms with Crippen LogP contribution in [0.4, 0.5) is 19.1 Å². The molecule has 0 spiro atoms. The summed E-state index contributed by atoms with van der Waals surface area (Å²) in [5.41, 5.74) is 6.61. The average Bonchev–Trinajstić information content (AvgIpc) is 2.95. The summed E-state index contributed by atoms with van der Waals surface area (Å²) in [6.07, 6.45) is -2.99. The summed E-state index contributed by atoms with van der Waals surface area (Å²) in [7, 11) is 0. The van der Waals surface area contributed by atoms with Crippen LogP contribution in [0, 0.1) is 0 Å². The summed E-state index contributed by atoms with van der Waals surface area (Å²) in [4.78, 5) is 22.9. The highest BCUT2D eigenvalue weighted by Crippen LogP contribution is 2.22. The number of fused-ring (bicyclic) bond motifs is 1. The topological polar surface area (TPSA) is 98.8 Å². The lowest BCUT2D eigenvalue weighted by Gasteiger charge is -2.10. The van der Waals surface area contributed by atoms with Crippen molar-refractivity contribution in [2.75, 3.05) is 5.73 Å². The number of anilines is 1. The Kier molecular flexibility index (Phi) is 5.21. The fourth-order valence-electron chi connectivity index (χ4n) is 2.25. The number of aromatic nitrogens is 4. The minimum Gasteiger partial charge on any atom is -0.406 e. The van der Waals surface area contributed by atoms with Gasteiger partial charge in [-0.25, -0.2) is 4.98 Å². The van der Waals surface area contributed by atoms with E-state index >= 15 is 0 Å². The first-order valence-corrected chi connectivity index (χ1v) is 6.87. The Morgan fingerprint density at radius 3 is 2.56 bits per heavy atom. The van der Waals surface area contributed by atoms with Crippen molar-refractivity contribution in [3.05, 3.63) is 46.5 Å². The first-order valence-electron chi connectivity index (χ1n) is 6.87. The van der Waals surface area contributed by atoms with Crippen molar-refractivity contribution in [2.24, 2.45) is 0 Å². The van der Waals surface area contributed by atoms with E-state index in [4.69, 9.17) is 5.73 Å². The number of nitrogens with one attached hydrogen (secondary N) is 1. The number of hydrogen-bond acceptors (Lipinski definition) is 5. The van der Waals surface area contributed by atoms with Gasteiger partial charge in [-0.1, -0.05) is 12.1 Å². The van der Waals surface area contributed by atoms with Crippen LogP contribution in [-0.4, -0.2) is 25.9 Å². The molecule has 0 amide bonds. The summed E-state index contributed by atoms with van der Waals surface area (Å²) < 4.78 is 41.4. The van der Waals surface area contributed by atoms with Gasteiger partial charge in [-0.05, 0) is 24.1 Å². The van der Waals surface area contributed by atoms with Crippen molar-refractivity contribution >= 4 is 29.5 Å². The lowest BCUT2D eigenvalue weighted by Crippen LogP contribution is -2.25. The number of aryl methyl sites for hydroxylation is 1. The first kappa shape index (κ1) is 18.6. The van der Waals surface area contributed by atoms with E-state index in [-0.39, 0.29) is 47.4 Å². The normalized spacial score (nSPS) is 11.3. The van der Waals surface area contributed by atoms with Crippen molar-refractivity contribution in [3.8, 4) is 5.75 Å². The number of H-pyrrole nitrogens is 1. The van der Waals surface area contributed by atoms with Crippen LogP contribution in [0.5, 0.6) is 5.75 Å². The Morgan fingerprint density at radius 2 is 1.92 bits per heavy atom. The zero-order valence-electron chi connectivity index (χ0n) is 12.6. The van der Waals surface area contributed by atoms with Crippen LogP contribution in [0.1, 0.15) is 5.56 Å². The fourth-order valence-corrected chi connectivity index (χ4v) is 2.25. The molecule has 3 aromatic rings. The van der Waals surface area contributed by atoms with Crippen molar-refractivity contribution in [2.45, 2.75) is 19.3 Å². The number of aromatic amines is 1. The maximum absolute atomic E-state index is 12.3. The van der Waals surface area contributed by atoms with E-state index in [1.165, 1.54) is 35.2 Å². The largest absolute Gasteiger partial charge is 0.573 e. The molecule has 2 aromatic heterocycles. The molecule has 0 fully saturated rings. The van der Waals surface area contributed by atoms with Gasteiger partial charge in [-0.15, -0.1) is 25.6 Å². The van der Waals surface area contributed by atoms with Gasteiger partial charge in [-0.2, -0.15) is 4.98 Å². The minimum absolute atomic E-state index is 0. The van der Waals surface area contributed by atoms with E-state index in [1.54, 1.807) is 0 Å². The molecule has 2 heterocycles. The predicted molar refractivity (Wildman–Crippen MR) is 86.6 cm³/mol. The molecule has 0 aliphatic rings. The molecule has 0 unspecified atom stereocenters. The number of nitrogen functional groups attached to an aromatic ring is 1. The molecular formula is C14H13ClF3N5O2. The first-order chi connectivity index (χ1) is 11.3. The van der Waals surface area contributed by atoms with Gasteiger partial charge in [0.2, 0.25) is 5.95 Å². The molecule has 3 N–H and O–H groups in total. The Morgan fingerprint density at radius 1 is 1.24 bits per heavy atom. The molecule has 11 heteroatoms. The van der Waals surface area contributed by atoms with Gasteiger partial charge in [0.05, 0.1) is 6.33 Å². The van der Waals surface area contributed by atoms with Crippen LogP contribution in [0.25, 0.3) is 11.2 Å². The van der Waals surface area contributed by atoms with E-state index in [0.717, 1.165) is 5.56 Å². The smallest absolute Gasteiger partial charge is 0.406 e. The van der Waals surface area contributed by atoms with Gasteiger partial charge in [0, 0.05) is 6.54 Å². The van der Waals surface area contributed by atoms with E-state index < -0.39 is 6.36 Å². The third kappa shape index (κ3) is 4.21. The van der Waals surface area contributed by atoms with Gasteiger partial charge in [0.1, 0.15) is 5.75 Å². The number of rotatable bonds is 4. The van der Waals surface area contributed by atoms with Crippen molar-refractivity contribution in [1.82, 2.24) is 19.5 Å². The monoisotopic (exact) mass is 375 g/mol. The highest BCUT2D eigenvalue weighted by molar-refractivity contribution is 5.85. The number of ether oxygens (including phenoxy) is 1. The van der Waals surface area contributed by atoms with Gasteiger partial charge in [0.15, 0.2) is 11.2 Å². The Bertz CT molecular complexity index is 921. The standard InChI is InChI=1S/C14H12F3N5O2.ClH/c15-14(16,17)24-9-3-1-8(2-4-9)5-6-22-12(23)10-11(20-7-19-10)21-13(22)18;/h1-4,7H,5-6H2,(H2,18,21)(H,19,20);1H. The maximum Gasteiger partial charge on any atom is 0.573 e. The van der Waals surface area contributed by atoms with Crippen LogP contribution in [-0.2, 0) is 13.0 Å². The maximum atomic E-state index is 12.3. The average molecular weight is 376 g/mol. The van der Waals surface area contributed by atoms with Crippen LogP contribution in [0.2, 0.25) is 0 Å². The number of nitrogens with zero attached hydrogens (tertiary/aromatic N) is 3. The van der Waals surface area contributed by atoms with Gasteiger partial charge in [0.25, 0.3) is 5.56 Å². The number of alkyl halides is 3. The molecule has 3 rings (SSSR count).